The number of hydrogen-bond donors (Lipinski definition) is 3. The maximum atomic E-state index is 13.5. The van der Waals surface area contributed by atoms with Crippen molar-refractivity contribution in [2.45, 2.75) is 31.9 Å². The normalized spacial score (nSPS) is 14.8. The van der Waals surface area contributed by atoms with Crippen LogP contribution in [0.4, 0.5) is 17.2 Å². The van der Waals surface area contributed by atoms with Crippen molar-refractivity contribution in [1.29, 1.82) is 0 Å². The van der Waals surface area contributed by atoms with Gasteiger partial charge in [0.2, 0.25) is 0 Å². The summed E-state index contributed by atoms with van der Waals surface area (Å²) in [5.74, 6) is 1.38. The molecule has 1 atom stereocenters. The Morgan fingerprint density at radius 2 is 1.87 bits per heavy atom. The van der Waals surface area contributed by atoms with Gasteiger partial charge < -0.3 is 15.6 Å². The molecule has 6 nitrogen and oxygen atoms in total. The van der Waals surface area contributed by atoms with Crippen LogP contribution in [-0.4, -0.2) is 32.7 Å². The lowest BCUT2D eigenvalue weighted by Gasteiger charge is -2.22. The number of nitrogens with zero attached hydrogens (tertiary/aromatic N) is 1. The molecule has 4 aromatic rings. The van der Waals surface area contributed by atoms with E-state index in [2.05, 4.69) is 34.4 Å². The highest BCUT2D eigenvalue weighted by Gasteiger charge is 2.32. The van der Waals surface area contributed by atoms with Crippen molar-refractivity contribution in [2.24, 2.45) is 5.92 Å². The number of Topliss-reactive ketones (excluding diaryl/α,β-unsaturated/α-hetero) is 1. The van der Waals surface area contributed by atoms with E-state index in [0.717, 1.165) is 40.5 Å². The average molecular weight is 580 g/mol. The number of amides is 1. The Balaban J connectivity index is 1.49. The highest BCUT2D eigenvalue weighted by molar-refractivity contribution is 7.99. The van der Waals surface area contributed by atoms with E-state index >= 15 is 0 Å². The highest BCUT2D eigenvalue weighted by atomic mass is 35.5. The second kappa shape index (κ2) is 11.9. The van der Waals surface area contributed by atoms with Crippen molar-refractivity contribution in [1.82, 2.24) is 9.97 Å². The fourth-order valence-corrected chi connectivity index (χ4v) is 5.86. The van der Waals surface area contributed by atoms with Crippen molar-refractivity contribution in [3.05, 3.63) is 93.7 Å². The van der Waals surface area contributed by atoms with E-state index in [1.54, 1.807) is 24.4 Å². The maximum absolute atomic E-state index is 13.5. The number of thioether (sulfide) groups is 1. The lowest BCUT2D eigenvalue weighted by atomic mass is 9.87. The Bertz CT molecular complexity index is 1520. The lowest BCUT2D eigenvalue weighted by Crippen LogP contribution is -2.22. The first-order chi connectivity index (χ1) is 18.8. The second-order valence-electron chi connectivity index (χ2n) is 9.81. The Hall–Kier alpha value is -3.26. The standard InChI is InChI=1S/C30H28Cl2N4O2S/c1-17(2)39-16-18-12-24-27(25(37)13-18)29(34-21-6-4-3-5-7-21)28(35-24)19-10-11-33-26(15-19)36-30(38)20-8-9-22(31)23(32)14-20/h3-11,14-15,17-18,34-35H,12-13,16H2,1-2H3,(H,33,36,38). The number of nitrogens with one attached hydrogen (secondary N) is 3. The van der Waals surface area contributed by atoms with Crippen LogP contribution in [0.25, 0.3) is 11.3 Å². The van der Waals surface area contributed by atoms with E-state index in [1.807, 2.05) is 48.2 Å². The summed E-state index contributed by atoms with van der Waals surface area (Å²) >= 11 is 14.0. The van der Waals surface area contributed by atoms with Gasteiger partial charge in [0, 0.05) is 35.1 Å². The van der Waals surface area contributed by atoms with Crippen LogP contribution in [0.2, 0.25) is 10.0 Å². The molecule has 2 aromatic heterocycles. The largest absolute Gasteiger partial charge is 0.356 e. The number of carbonyl (C=O) groups is 2. The quantitative estimate of drug-likeness (QED) is 0.196. The molecule has 0 fully saturated rings. The Kier molecular flexibility index (Phi) is 8.31. The van der Waals surface area contributed by atoms with Crippen LogP contribution in [0.5, 0.6) is 0 Å². The van der Waals surface area contributed by atoms with Gasteiger partial charge in [-0.15, -0.1) is 0 Å². The first kappa shape index (κ1) is 27.3. The molecule has 9 heteroatoms. The molecule has 1 aliphatic rings. The summed E-state index contributed by atoms with van der Waals surface area (Å²) in [7, 11) is 0. The van der Waals surface area contributed by atoms with E-state index in [9.17, 15) is 9.59 Å². The van der Waals surface area contributed by atoms with Gasteiger partial charge in [0.1, 0.15) is 5.82 Å². The fourth-order valence-electron chi connectivity index (χ4n) is 4.67. The van der Waals surface area contributed by atoms with Gasteiger partial charge in [-0.05, 0) is 65.8 Å². The van der Waals surface area contributed by atoms with E-state index < -0.39 is 0 Å². The molecule has 2 heterocycles. The summed E-state index contributed by atoms with van der Waals surface area (Å²) in [6.07, 6.45) is 2.96. The van der Waals surface area contributed by atoms with Crippen molar-refractivity contribution in [3.8, 4) is 11.3 Å². The number of para-hydroxylation sites is 1. The van der Waals surface area contributed by atoms with Gasteiger partial charge in [-0.3, -0.25) is 9.59 Å². The summed E-state index contributed by atoms with van der Waals surface area (Å²) in [4.78, 5) is 34.2. The number of benzene rings is 2. The number of rotatable bonds is 8. The van der Waals surface area contributed by atoms with Crippen LogP contribution in [0.1, 0.15) is 46.7 Å². The van der Waals surface area contributed by atoms with Gasteiger partial charge in [-0.25, -0.2) is 4.98 Å². The van der Waals surface area contributed by atoms with Crippen molar-refractivity contribution >= 4 is 63.8 Å². The highest BCUT2D eigenvalue weighted by Crippen LogP contribution is 2.41. The molecule has 0 radical (unpaired) electrons. The lowest BCUT2D eigenvalue weighted by molar-refractivity contribution is 0.0954. The van der Waals surface area contributed by atoms with Gasteiger partial charge in [-0.2, -0.15) is 11.8 Å². The monoisotopic (exact) mass is 578 g/mol. The predicted octanol–water partition coefficient (Wildman–Crippen LogP) is 8.27. The molecule has 1 aliphatic carbocycles. The van der Waals surface area contributed by atoms with Crippen molar-refractivity contribution in [3.63, 3.8) is 0 Å². The first-order valence-electron chi connectivity index (χ1n) is 12.7. The number of halogens is 2. The minimum absolute atomic E-state index is 0.133. The molecule has 200 valence electrons. The number of aromatic amines is 1. The van der Waals surface area contributed by atoms with E-state index in [1.165, 1.54) is 6.07 Å². The number of ketones is 1. The van der Waals surface area contributed by atoms with Gasteiger partial charge in [-0.1, -0.05) is 55.2 Å². The second-order valence-corrected chi connectivity index (χ2v) is 12.2. The summed E-state index contributed by atoms with van der Waals surface area (Å²) in [5, 5.41) is 7.51. The summed E-state index contributed by atoms with van der Waals surface area (Å²) in [6, 6.07) is 18.1. The third kappa shape index (κ3) is 6.32. The van der Waals surface area contributed by atoms with Gasteiger partial charge in [0.25, 0.3) is 5.91 Å². The number of hydrogen-bond acceptors (Lipinski definition) is 5. The predicted molar refractivity (Wildman–Crippen MR) is 162 cm³/mol. The van der Waals surface area contributed by atoms with Crippen molar-refractivity contribution < 1.29 is 9.59 Å². The molecule has 0 bridgehead atoms. The molecular formula is C30H28Cl2N4O2S. The maximum Gasteiger partial charge on any atom is 0.256 e. The first-order valence-corrected chi connectivity index (χ1v) is 14.5. The molecule has 0 spiro atoms. The molecule has 1 amide bonds. The third-order valence-corrected chi connectivity index (χ3v) is 8.57. The number of carbonyl (C=O) groups excluding carboxylic acids is 2. The van der Waals surface area contributed by atoms with Crippen LogP contribution in [0.3, 0.4) is 0 Å². The topological polar surface area (TPSA) is 86.9 Å². The molecule has 0 saturated heterocycles. The third-order valence-electron chi connectivity index (χ3n) is 6.50. The van der Waals surface area contributed by atoms with E-state index in [4.69, 9.17) is 23.2 Å². The summed E-state index contributed by atoms with van der Waals surface area (Å²) in [5.41, 5.74) is 5.21. The SMILES string of the molecule is CC(C)SCC1CC(=O)c2c([nH]c(-c3ccnc(NC(=O)c4ccc(Cl)c(Cl)c4)c3)c2Nc2ccccc2)C1. The molecule has 0 aliphatic heterocycles. The Morgan fingerprint density at radius 3 is 2.62 bits per heavy atom. The number of pyridine rings is 1. The minimum atomic E-state index is -0.354. The number of anilines is 3. The zero-order valence-electron chi connectivity index (χ0n) is 21.6. The molecule has 2 aromatic carbocycles. The fraction of sp³-hybridized carbons (Fsp3) is 0.233. The zero-order valence-corrected chi connectivity index (χ0v) is 23.9. The van der Waals surface area contributed by atoms with Crippen LogP contribution >= 0.6 is 35.0 Å². The molecule has 39 heavy (non-hydrogen) atoms. The van der Waals surface area contributed by atoms with Crippen molar-refractivity contribution in [2.75, 3.05) is 16.4 Å². The molecule has 1 unspecified atom stereocenters. The number of H-pyrrole nitrogens is 1. The van der Waals surface area contributed by atoms with Crippen LogP contribution < -0.4 is 10.6 Å². The molecular weight excluding hydrogens is 551 g/mol. The molecule has 3 N–H and O–H groups in total. The summed E-state index contributed by atoms with van der Waals surface area (Å²) < 4.78 is 0. The summed E-state index contributed by atoms with van der Waals surface area (Å²) in [6.45, 7) is 4.35. The smallest absolute Gasteiger partial charge is 0.256 e. The van der Waals surface area contributed by atoms with E-state index in [-0.39, 0.29) is 17.6 Å². The minimum Gasteiger partial charge on any atom is -0.356 e. The van der Waals surface area contributed by atoms with Crippen LogP contribution in [-0.2, 0) is 6.42 Å². The average Bonchev–Trinajstić information content (AvgIpc) is 3.28. The van der Waals surface area contributed by atoms with Crippen LogP contribution in [0.15, 0.2) is 66.9 Å². The Labute approximate surface area is 241 Å². The van der Waals surface area contributed by atoms with Gasteiger partial charge in [0.05, 0.1) is 27.0 Å². The molecule has 5 rings (SSSR count). The van der Waals surface area contributed by atoms with Gasteiger partial charge in [0.15, 0.2) is 5.78 Å². The van der Waals surface area contributed by atoms with E-state index in [0.29, 0.717) is 38.7 Å². The van der Waals surface area contributed by atoms with Gasteiger partial charge >= 0.3 is 0 Å². The molecule has 0 saturated carbocycles. The number of fused-ring (bicyclic) bond motifs is 1. The Morgan fingerprint density at radius 1 is 1.08 bits per heavy atom. The van der Waals surface area contributed by atoms with Crippen LogP contribution in [0, 0.1) is 5.92 Å². The number of aromatic nitrogens is 2. The zero-order chi connectivity index (χ0) is 27.5.